The van der Waals surface area contributed by atoms with Gasteiger partial charge in [-0.3, -0.25) is 0 Å². The lowest BCUT2D eigenvalue weighted by molar-refractivity contribution is 0.478. The Hall–Kier alpha value is -1.09. The van der Waals surface area contributed by atoms with Crippen molar-refractivity contribution in [2.45, 2.75) is 45.2 Å². The highest BCUT2D eigenvalue weighted by atomic mass is 15.1. The molecule has 1 aromatic heterocycles. The third-order valence-corrected chi connectivity index (χ3v) is 2.82. The molecule has 1 rings (SSSR count). The molecule has 3 heteroatoms. The van der Waals surface area contributed by atoms with Crippen LogP contribution in [0.4, 0.5) is 0 Å². The van der Waals surface area contributed by atoms with Gasteiger partial charge in [-0.2, -0.15) is 0 Å². The summed E-state index contributed by atoms with van der Waals surface area (Å²) in [4.78, 5) is 4.28. The summed E-state index contributed by atoms with van der Waals surface area (Å²) < 4.78 is 2.05. The van der Waals surface area contributed by atoms with Crippen LogP contribution >= 0.6 is 0 Å². The molecule has 0 bridgehead atoms. The largest absolute Gasteiger partial charge is 0.337 e. The number of hydrogen-bond donors (Lipinski definition) is 1. The van der Waals surface area contributed by atoms with E-state index >= 15 is 0 Å². The van der Waals surface area contributed by atoms with Gasteiger partial charge in [0, 0.05) is 25.5 Å². The Bertz CT molecular complexity index is 304. The fourth-order valence-electron chi connectivity index (χ4n) is 1.67. The SMILES string of the molecule is C=CCCCCC(C)NCc1nccn1C. The van der Waals surface area contributed by atoms with Crippen molar-refractivity contribution in [3.8, 4) is 0 Å². The van der Waals surface area contributed by atoms with Crippen LogP contribution in [0.3, 0.4) is 0 Å². The minimum Gasteiger partial charge on any atom is -0.337 e. The van der Waals surface area contributed by atoms with E-state index in [4.69, 9.17) is 0 Å². The molecule has 0 fully saturated rings. The lowest BCUT2D eigenvalue weighted by Gasteiger charge is -2.13. The van der Waals surface area contributed by atoms with Crippen LogP contribution in [0.1, 0.15) is 38.4 Å². The molecule has 1 atom stereocenters. The first-order chi connectivity index (χ1) is 7.74. The van der Waals surface area contributed by atoms with Crippen LogP contribution in [0.15, 0.2) is 25.0 Å². The summed E-state index contributed by atoms with van der Waals surface area (Å²) >= 11 is 0. The zero-order valence-electron chi connectivity index (χ0n) is 10.4. The number of aryl methyl sites for hydroxylation is 1. The Morgan fingerprint density at radius 3 is 3.00 bits per heavy atom. The molecular weight excluding hydrogens is 198 g/mol. The smallest absolute Gasteiger partial charge is 0.122 e. The van der Waals surface area contributed by atoms with E-state index in [2.05, 4.69) is 28.4 Å². The van der Waals surface area contributed by atoms with Gasteiger partial charge in [0.15, 0.2) is 0 Å². The summed E-state index contributed by atoms with van der Waals surface area (Å²) in [6.45, 7) is 6.82. The number of nitrogens with one attached hydrogen (secondary N) is 1. The van der Waals surface area contributed by atoms with E-state index in [1.54, 1.807) is 0 Å². The highest BCUT2D eigenvalue weighted by molar-refractivity contribution is 4.90. The van der Waals surface area contributed by atoms with Crippen LogP contribution < -0.4 is 5.32 Å². The summed E-state index contributed by atoms with van der Waals surface area (Å²) in [7, 11) is 2.03. The molecular formula is C13H23N3. The zero-order valence-corrected chi connectivity index (χ0v) is 10.4. The molecule has 0 radical (unpaired) electrons. The van der Waals surface area contributed by atoms with Crippen molar-refractivity contribution in [3.63, 3.8) is 0 Å². The molecule has 0 spiro atoms. The molecule has 90 valence electrons. The third-order valence-electron chi connectivity index (χ3n) is 2.82. The number of rotatable bonds is 8. The molecule has 1 aromatic rings. The monoisotopic (exact) mass is 221 g/mol. The predicted molar refractivity (Wildman–Crippen MR) is 68.2 cm³/mol. The molecule has 1 heterocycles. The van der Waals surface area contributed by atoms with E-state index in [1.807, 2.05) is 25.5 Å². The van der Waals surface area contributed by atoms with Gasteiger partial charge in [0.2, 0.25) is 0 Å². The summed E-state index contributed by atoms with van der Waals surface area (Å²) in [5.74, 6) is 1.10. The van der Waals surface area contributed by atoms with Gasteiger partial charge in [0.1, 0.15) is 5.82 Å². The molecule has 0 amide bonds. The van der Waals surface area contributed by atoms with Crippen molar-refractivity contribution in [1.29, 1.82) is 0 Å². The second-order valence-electron chi connectivity index (χ2n) is 4.31. The van der Waals surface area contributed by atoms with Crippen LogP contribution in [-0.4, -0.2) is 15.6 Å². The second kappa shape index (κ2) is 7.23. The summed E-state index contributed by atoms with van der Waals surface area (Å²) in [5, 5.41) is 3.49. The number of aromatic nitrogens is 2. The standard InChI is InChI=1S/C13H23N3/c1-4-5-6-7-8-12(2)15-11-13-14-9-10-16(13)3/h4,9-10,12,15H,1,5-8,11H2,2-3H3. The van der Waals surface area contributed by atoms with E-state index in [9.17, 15) is 0 Å². The van der Waals surface area contributed by atoms with Gasteiger partial charge in [-0.05, 0) is 26.2 Å². The molecule has 0 aliphatic heterocycles. The van der Waals surface area contributed by atoms with Gasteiger partial charge in [-0.1, -0.05) is 12.5 Å². The molecule has 16 heavy (non-hydrogen) atoms. The number of nitrogens with zero attached hydrogens (tertiary/aromatic N) is 2. The highest BCUT2D eigenvalue weighted by Crippen LogP contribution is 2.04. The maximum absolute atomic E-state index is 4.28. The Morgan fingerprint density at radius 2 is 2.38 bits per heavy atom. The minimum atomic E-state index is 0.557. The van der Waals surface area contributed by atoms with Crippen molar-refractivity contribution in [1.82, 2.24) is 14.9 Å². The van der Waals surface area contributed by atoms with E-state index in [1.165, 1.54) is 19.3 Å². The Kier molecular flexibility index (Phi) is 5.86. The highest BCUT2D eigenvalue weighted by Gasteiger charge is 2.03. The average molecular weight is 221 g/mol. The minimum absolute atomic E-state index is 0.557. The average Bonchev–Trinajstić information content (AvgIpc) is 2.67. The van der Waals surface area contributed by atoms with Crippen molar-refractivity contribution < 1.29 is 0 Å². The topological polar surface area (TPSA) is 29.9 Å². The van der Waals surface area contributed by atoms with Gasteiger partial charge in [-0.15, -0.1) is 6.58 Å². The van der Waals surface area contributed by atoms with Crippen LogP contribution in [0.2, 0.25) is 0 Å². The zero-order chi connectivity index (χ0) is 11.8. The molecule has 1 N–H and O–H groups in total. The van der Waals surface area contributed by atoms with Crippen LogP contribution in [-0.2, 0) is 13.6 Å². The Balaban J connectivity index is 2.13. The van der Waals surface area contributed by atoms with Gasteiger partial charge < -0.3 is 9.88 Å². The maximum atomic E-state index is 4.28. The first-order valence-electron chi connectivity index (χ1n) is 6.04. The predicted octanol–water partition coefficient (Wildman–Crippen LogP) is 2.64. The van der Waals surface area contributed by atoms with Crippen molar-refractivity contribution >= 4 is 0 Å². The van der Waals surface area contributed by atoms with Gasteiger partial charge in [-0.25, -0.2) is 4.98 Å². The normalized spacial score (nSPS) is 12.6. The lowest BCUT2D eigenvalue weighted by atomic mass is 10.1. The first-order valence-corrected chi connectivity index (χ1v) is 6.04. The first kappa shape index (κ1) is 13.0. The van der Waals surface area contributed by atoms with Crippen LogP contribution in [0.5, 0.6) is 0 Å². The van der Waals surface area contributed by atoms with E-state index in [0.29, 0.717) is 6.04 Å². The van der Waals surface area contributed by atoms with Crippen molar-refractivity contribution in [2.75, 3.05) is 0 Å². The van der Waals surface area contributed by atoms with Gasteiger partial charge in [0.05, 0.1) is 6.54 Å². The van der Waals surface area contributed by atoms with Gasteiger partial charge >= 0.3 is 0 Å². The second-order valence-corrected chi connectivity index (χ2v) is 4.31. The fourth-order valence-corrected chi connectivity index (χ4v) is 1.67. The summed E-state index contributed by atoms with van der Waals surface area (Å²) in [6.07, 6.45) is 10.7. The van der Waals surface area contributed by atoms with Crippen LogP contribution in [0.25, 0.3) is 0 Å². The van der Waals surface area contributed by atoms with Crippen LogP contribution in [0, 0.1) is 0 Å². The summed E-state index contributed by atoms with van der Waals surface area (Å²) in [6, 6.07) is 0.557. The van der Waals surface area contributed by atoms with E-state index in [-0.39, 0.29) is 0 Å². The number of imidazole rings is 1. The quantitative estimate of drug-likeness (QED) is 0.540. The van der Waals surface area contributed by atoms with Crippen molar-refractivity contribution in [3.05, 3.63) is 30.9 Å². The Labute approximate surface area is 98.6 Å². The van der Waals surface area contributed by atoms with Crippen molar-refractivity contribution in [2.24, 2.45) is 7.05 Å². The molecule has 0 aromatic carbocycles. The third kappa shape index (κ3) is 4.62. The molecule has 0 saturated heterocycles. The molecule has 0 saturated carbocycles. The number of unbranched alkanes of at least 4 members (excludes halogenated alkanes) is 2. The summed E-state index contributed by atoms with van der Waals surface area (Å²) in [5.41, 5.74) is 0. The lowest BCUT2D eigenvalue weighted by Crippen LogP contribution is -2.26. The number of hydrogen-bond acceptors (Lipinski definition) is 2. The molecule has 3 nitrogen and oxygen atoms in total. The molecule has 1 unspecified atom stereocenters. The van der Waals surface area contributed by atoms with E-state index < -0.39 is 0 Å². The van der Waals surface area contributed by atoms with Gasteiger partial charge in [0.25, 0.3) is 0 Å². The van der Waals surface area contributed by atoms with E-state index in [0.717, 1.165) is 18.8 Å². The molecule has 0 aliphatic rings. The molecule has 0 aliphatic carbocycles. The maximum Gasteiger partial charge on any atom is 0.122 e. The fraction of sp³-hybridized carbons (Fsp3) is 0.615. The number of allylic oxidation sites excluding steroid dienone is 1. The Morgan fingerprint density at radius 1 is 1.56 bits per heavy atom.